The van der Waals surface area contributed by atoms with Crippen molar-refractivity contribution in [1.29, 1.82) is 0 Å². The minimum atomic E-state index is -0.961. The molecule has 0 aromatic heterocycles. The van der Waals surface area contributed by atoms with Gasteiger partial charge in [0.1, 0.15) is 0 Å². The van der Waals surface area contributed by atoms with Crippen molar-refractivity contribution in [3.8, 4) is 0 Å². The van der Waals surface area contributed by atoms with Crippen molar-refractivity contribution in [2.24, 2.45) is 0 Å². The Balaban J connectivity index is 3.23. The number of ether oxygens (including phenoxy) is 2. The van der Waals surface area contributed by atoms with Crippen LogP contribution in [0.5, 0.6) is 0 Å². The summed E-state index contributed by atoms with van der Waals surface area (Å²) in [6.45, 7) is 5.27. The predicted molar refractivity (Wildman–Crippen MR) is 84.5 cm³/mol. The van der Waals surface area contributed by atoms with Crippen molar-refractivity contribution >= 4 is 11.9 Å². The maximum Gasteiger partial charge on any atom is 0.348 e. The Kier molecular flexibility index (Phi) is 7.05. The molecule has 0 fully saturated rings. The maximum absolute atomic E-state index is 12.3. The van der Waals surface area contributed by atoms with E-state index >= 15 is 0 Å². The summed E-state index contributed by atoms with van der Waals surface area (Å²) >= 11 is 0. The van der Waals surface area contributed by atoms with E-state index in [1.165, 1.54) is 6.92 Å². The molecule has 0 aliphatic rings. The average molecular weight is 307 g/mol. The largest absolute Gasteiger partial charge is 0.463 e. The first kappa shape index (κ1) is 18.2. The Labute approximate surface area is 132 Å². The molecule has 0 bridgehead atoms. The molecule has 5 nitrogen and oxygen atoms in total. The molecule has 0 amide bonds. The second kappa shape index (κ2) is 8.54. The van der Waals surface area contributed by atoms with Crippen molar-refractivity contribution in [2.45, 2.75) is 38.8 Å². The molecule has 0 radical (unpaired) electrons. The lowest BCUT2D eigenvalue weighted by atomic mass is 9.86. The van der Waals surface area contributed by atoms with E-state index in [1.807, 2.05) is 56.3 Å². The molecule has 0 unspecified atom stereocenters. The molecule has 5 heteroatoms. The third kappa shape index (κ3) is 4.84. The molecular formula is C17H25NO4. The van der Waals surface area contributed by atoms with Gasteiger partial charge in [-0.1, -0.05) is 30.3 Å². The zero-order chi connectivity index (χ0) is 16.7. The van der Waals surface area contributed by atoms with Crippen LogP contribution in [0.2, 0.25) is 0 Å². The van der Waals surface area contributed by atoms with Crippen LogP contribution in [0.15, 0.2) is 30.3 Å². The van der Waals surface area contributed by atoms with E-state index in [4.69, 9.17) is 9.47 Å². The monoisotopic (exact) mass is 307 g/mol. The molecule has 22 heavy (non-hydrogen) atoms. The highest BCUT2D eigenvalue weighted by atomic mass is 16.6. The van der Waals surface area contributed by atoms with Gasteiger partial charge < -0.3 is 14.4 Å². The highest BCUT2D eigenvalue weighted by molar-refractivity contribution is 5.80. The van der Waals surface area contributed by atoms with Crippen LogP contribution < -0.4 is 0 Å². The minimum Gasteiger partial charge on any atom is -0.463 e. The van der Waals surface area contributed by atoms with Gasteiger partial charge in [-0.3, -0.25) is 4.79 Å². The molecule has 0 aliphatic heterocycles. The number of nitrogens with zero attached hydrogens (tertiary/aromatic N) is 1. The van der Waals surface area contributed by atoms with Crippen molar-refractivity contribution in [3.63, 3.8) is 0 Å². The fourth-order valence-electron chi connectivity index (χ4n) is 2.37. The first-order valence-electron chi connectivity index (χ1n) is 7.43. The summed E-state index contributed by atoms with van der Waals surface area (Å²) in [5.41, 5.74) is 0.933. The smallest absolute Gasteiger partial charge is 0.348 e. The van der Waals surface area contributed by atoms with Crippen molar-refractivity contribution in [2.75, 3.05) is 20.7 Å². The molecule has 122 valence electrons. The van der Waals surface area contributed by atoms with Gasteiger partial charge in [-0.15, -0.1) is 0 Å². The van der Waals surface area contributed by atoms with Crippen LogP contribution in [0, 0.1) is 0 Å². The van der Waals surface area contributed by atoms with Gasteiger partial charge in [0.15, 0.2) is 0 Å². The Morgan fingerprint density at radius 1 is 1.18 bits per heavy atom. The fourth-order valence-corrected chi connectivity index (χ4v) is 2.37. The van der Waals surface area contributed by atoms with E-state index in [0.29, 0.717) is 0 Å². The molecule has 3 atom stereocenters. The van der Waals surface area contributed by atoms with Gasteiger partial charge in [0, 0.05) is 18.9 Å². The van der Waals surface area contributed by atoms with Gasteiger partial charge >= 0.3 is 11.9 Å². The number of carbonyl (C=O) groups is 2. The number of benzene rings is 1. The van der Waals surface area contributed by atoms with E-state index < -0.39 is 18.0 Å². The summed E-state index contributed by atoms with van der Waals surface area (Å²) in [5.74, 6) is -1.32. The number of esters is 2. The molecule has 0 spiro atoms. The lowest BCUT2D eigenvalue weighted by Gasteiger charge is -2.33. The number of rotatable bonds is 7. The van der Waals surface area contributed by atoms with Crippen LogP contribution in [-0.2, 0) is 19.1 Å². The second-order valence-corrected chi connectivity index (χ2v) is 5.42. The number of hydrogen-bond donors (Lipinski definition) is 0. The van der Waals surface area contributed by atoms with Crippen LogP contribution >= 0.6 is 0 Å². The van der Waals surface area contributed by atoms with Crippen molar-refractivity contribution in [3.05, 3.63) is 35.9 Å². The fraction of sp³-hybridized carbons (Fsp3) is 0.529. The van der Waals surface area contributed by atoms with Crippen LogP contribution in [0.4, 0.5) is 0 Å². The number of likely N-dealkylation sites (N-methyl/N-ethyl adjacent to an activating group) is 1. The third-order valence-electron chi connectivity index (χ3n) is 3.66. The SMILES string of the molecule is CCOC(=O)[C@H](OC(C)=O)[C@@H](c1ccccc1)[C@H](C)N(C)C. The molecule has 0 aliphatic carbocycles. The summed E-state index contributed by atoms with van der Waals surface area (Å²) in [4.78, 5) is 25.7. The van der Waals surface area contributed by atoms with Crippen LogP contribution in [-0.4, -0.2) is 49.7 Å². The molecule has 1 aromatic carbocycles. The predicted octanol–water partition coefficient (Wildman–Crippen LogP) is 2.22. The standard InChI is InChI=1S/C17H25NO4/c1-6-21-17(20)16(22-13(3)19)15(12(2)18(4)5)14-10-8-7-9-11-14/h7-12,15-16H,6H2,1-5H3/t12-,15+,16+/m0/s1. The Hall–Kier alpha value is -1.88. The van der Waals surface area contributed by atoms with Gasteiger partial charge in [0.25, 0.3) is 0 Å². The molecule has 0 heterocycles. The molecule has 1 aromatic rings. The Morgan fingerprint density at radius 3 is 2.23 bits per heavy atom. The van der Waals surface area contributed by atoms with Gasteiger partial charge in [-0.05, 0) is 33.5 Å². The zero-order valence-electron chi connectivity index (χ0n) is 13.9. The first-order valence-corrected chi connectivity index (χ1v) is 7.43. The molecule has 1 rings (SSSR count). The van der Waals surface area contributed by atoms with Crippen molar-refractivity contribution < 1.29 is 19.1 Å². The zero-order valence-corrected chi connectivity index (χ0v) is 13.9. The minimum absolute atomic E-state index is 0.0174. The lowest BCUT2D eigenvalue weighted by molar-refractivity contribution is -0.169. The molecular weight excluding hydrogens is 282 g/mol. The summed E-state index contributed by atoms with van der Waals surface area (Å²) in [6.07, 6.45) is -0.961. The van der Waals surface area contributed by atoms with Crippen molar-refractivity contribution in [1.82, 2.24) is 4.90 Å². The maximum atomic E-state index is 12.3. The molecule has 0 saturated heterocycles. The van der Waals surface area contributed by atoms with Gasteiger partial charge in [-0.25, -0.2) is 4.79 Å². The Morgan fingerprint density at radius 2 is 1.77 bits per heavy atom. The van der Waals surface area contributed by atoms with E-state index in [0.717, 1.165) is 5.56 Å². The van der Waals surface area contributed by atoms with Crippen LogP contribution in [0.3, 0.4) is 0 Å². The first-order chi connectivity index (χ1) is 10.4. The third-order valence-corrected chi connectivity index (χ3v) is 3.66. The quantitative estimate of drug-likeness (QED) is 0.723. The lowest BCUT2D eigenvalue weighted by Crippen LogP contribution is -2.43. The number of carbonyl (C=O) groups excluding carboxylic acids is 2. The molecule has 0 N–H and O–H groups in total. The average Bonchev–Trinajstić information content (AvgIpc) is 2.47. The van der Waals surface area contributed by atoms with E-state index in [9.17, 15) is 9.59 Å². The van der Waals surface area contributed by atoms with Crippen LogP contribution in [0.1, 0.15) is 32.3 Å². The highest BCUT2D eigenvalue weighted by Crippen LogP contribution is 2.29. The second-order valence-electron chi connectivity index (χ2n) is 5.42. The summed E-state index contributed by atoms with van der Waals surface area (Å²) < 4.78 is 10.4. The van der Waals surface area contributed by atoms with Crippen LogP contribution in [0.25, 0.3) is 0 Å². The normalized spacial score (nSPS) is 15.0. The Bertz CT molecular complexity index is 487. The topological polar surface area (TPSA) is 55.8 Å². The van der Waals surface area contributed by atoms with E-state index in [1.54, 1.807) is 6.92 Å². The number of hydrogen-bond acceptors (Lipinski definition) is 5. The van der Waals surface area contributed by atoms with Gasteiger partial charge in [-0.2, -0.15) is 0 Å². The van der Waals surface area contributed by atoms with Gasteiger partial charge in [0.2, 0.25) is 6.10 Å². The van der Waals surface area contributed by atoms with E-state index in [-0.39, 0.29) is 18.6 Å². The van der Waals surface area contributed by atoms with Gasteiger partial charge in [0.05, 0.1) is 6.61 Å². The highest BCUT2D eigenvalue weighted by Gasteiger charge is 2.38. The summed E-state index contributed by atoms with van der Waals surface area (Å²) in [6, 6.07) is 9.56. The van der Waals surface area contributed by atoms with E-state index in [2.05, 4.69) is 0 Å². The summed E-state index contributed by atoms with van der Waals surface area (Å²) in [7, 11) is 3.85. The summed E-state index contributed by atoms with van der Waals surface area (Å²) in [5, 5.41) is 0. The molecule has 0 saturated carbocycles.